The molecule has 0 amide bonds. The summed E-state index contributed by atoms with van der Waals surface area (Å²) in [5, 5.41) is 6.07. The van der Waals surface area contributed by atoms with Gasteiger partial charge in [0.05, 0.1) is 0 Å². The van der Waals surface area contributed by atoms with E-state index < -0.39 is 0 Å². The molecule has 0 aliphatic heterocycles. The Morgan fingerprint density at radius 3 is 2.94 bits per heavy atom. The fourth-order valence-electron chi connectivity index (χ4n) is 1.75. The minimum absolute atomic E-state index is 0.316. The predicted molar refractivity (Wildman–Crippen MR) is 61.7 cm³/mol. The Morgan fingerprint density at radius 1 is 1.19 bits per heavy atom. The van der Waals surface area contributed by atoms with Crippen LogP contribution in [0.25, 0.3) is 22.0 Å². The van der Waals surface area contributed by atoms with Crippen molar-refractivity contribution < 1.29 is 4.52 Å². The molecule has 0 atom stereocenters. The number of aromatic nitrogens is 2. The molecule has 0 saturated heterocycles. The molecule has 0 fully saturated rings. The largest absolute Gasteiger partial charge is 0.368 e. The Bertz CT molecular complexity index is 640. The third-order valence-electron chi connectivity index (χ3n) is 2.49. The van der Waals surface area contributed by atoms with Gasteiger partial charge in [-0.15, -0.1) is 0 Å². The molecule has 0 aliphatic rings. The van der Waals surface area contributed by atoms with Crippen molar-refractivity contribution in [2.45, 2.75) is 0 Å². The van der Waals surface area contributed by atoms with Crippen molar-refractivity contribution in [1.29, 1.82) is 0 Å². The summed E-state index contributed by atoms with van der Waals surface area (Å²) in [6.07, 6.45) is 3.58. The third kappa shape index (κ3) is 1.32. The summed E-state index contributed by atoms with van der Waals surface area (Å²) in [7, 11) is 0. The van der Waals surface area contributed by atoms with Crippen molar-refractivity contribution in [2.75, 3.05) is 5.73 Å². The van der Waals surface area contributed by atoms with Crippen LogP contribution in [-0.2, 0) is 0 Å². The number of hydrogen-bond acceptors (Lipinski definition) is 4. The molecule has 78 valence electrons. The van der Waals surface area contributed by atoms with Gasteiger partial charge in [0.2, 0.25) is 5.88 Å². The van der Waals surface area contributed by atoms with Gasteiger partial charge in [-0.2, -0.15) is 0 Å². The minimum Gasteiger partial charge on any atom is -0.368 e. The first kappa shape index (κ1) is 8.91. The molecular formula is C12H9N3O. The van der Waals surface area contributed by atoms with Gasteiger partial charge in [0.25, 0.3) is 0 Å². The number of anilines is 1. The number of nitrogens with two attached hydrogens (primary N) is 1. The maximum absolute atomic E-state index is 5.52. The SMILES string of the molecule is Nc1cc(-c2cccc3ccncc23)no1. The Kier molecular flexibility index (Phi) is 1.86. The fraction of sp³-hybridized carbons (Fsp3) is 0. The van der Waals surface area contributed by atoms with Crippen LogP contribution in [0.3, 0.4) is 0 Å². The number of benzene rings is 1. The first-order chi connectivity index (χ1) is 7.84. The van der Waals surface area contributed by atoms with E-state index in [4.69, 9.17) is 10.3 Å². The molecule has 0 bridgehead atoms. The zero-order valence-corrected chi connectivity index (χ0v) is 8.42. The lowest BCUT2D eigenvalue weighted by atomic mass is 10.0. The second-order valence-corrected chi connectivity index (χ2v) is 3.52. The summed E-state index contributed by atoms with van der Waals surface area (Å²) in [5.41, 5.74) is 7.23. The van der Waals surface area contributed by atoms with Gasteiger partial charge in [0.1, 0.15) is 5.69 Å². The smallest absolute Gasteiger partial charge is 0.222 e. The molecule has 3 rings (SSSR count). The lowest BCUT2D eigenvalue weighted by molar-refractivity contribution is 0.439. The number of nitrogens with zero attached hydrogens (tertiary/aromatic N) is 2. The molecule has 16 heavy (non-hydrogen) atoms. The van der Waals surface area contributed by atoms with E-state index in [1.54, 1.807) is 12.3 Å². The quantitative estimate of drug-likeness (QED) is 0.671. The van der Waals surface area contributed by atoms with Crippen LogP contribution < -0.4 is 5.73 Å². The Morgan fingerprint density at radius 2 is 2.12 bits per heavy atom. The molecule has 0 saturated carbocycles. The van der Waals surface area contributed by atoms with Gasteiger partial charge in [-0.1, -0.05) is 23.4 Å². The zero-order chi connectivity index (χ0) is 11.0. The first-order valence-corrected chi connectivity index (χ1v) is 4.90. The van der Waals surface area contributed by atoms with Gasteiger partial charge < -0.3 is 10.3 Å². The second-order valence-electron chi connectivity index (χ2n) is 3.52. The van der Waals surface area contributed by atoms with Crippen LogP contribution >= 0.6 is 0 Å². The molecule has 1 aromatic carbocycles. The summed E-state index contributed by atoms with van der Waals surface area (Å²) < 4.78 is 4.88. The summed E-state index contributed by atoms with van der Waals surface area (Å²) in [6, 6.07) is 9.65. The first-order valence-electron chi connectivity index (χ1n) is 4.90. The van der Waals surface area contributed by atoms with E-state index in [0.717, 1.165) is 22.0 Å². The van der Waals surface area contributed by atoms with Crippen LogP contribution in [0.5, 0.6) is 0 Å². The van der Waals surface area contributed by atoms with Crippen LogP contribution in [0.2, 0.25) is 0 Å². The van der Waals surface area contributed by atoms with Crippen molar-refractivity contribution in [1.82, 2.24) is 10.1 Å². The van der Waals surface area contributed by atoms with E-state index >= 15 is 0 Å². The zero-order valence-electron chi connectivity index (χ0n) is 8.42. The number of fused-ring (bicyclic) bond motifs is 1. The maximum Gasteiger partial charge on any atom is 0.222 e. The van der Waals surface area contributed by atoms with Gasteiger partial charge >= 0.3 is 0 Å². The monoisotopic (exact) mass is 211 g/mol. The van der Waals surface area contributed by atoms with E-state index in [9.17, 15) is 0 Å². The van der Waals surface area contributed by atoms with Crippen LogP contribution in [0.4, 0.5) is 5.88 Å². The second kappa shape index (κ2) is 3.34. The normalized spacial score (nSPS) is 10.8. The van der Waals surface area contributed by atoms with E-state index in [2.05, 4.69) is 10.1 Å². The highest BCUT2D eigenvalue weighted by Gasteiger charge is 2.07. The number of rotatable bonds is 1. The highest BCUT2D eigenvalue weighted by Crippen LogP contribution is 2.27. The fourth-order valence-corrected chi connectivity index (χ4v) is 1.75. The van der Waals surface area contributed by atoms with E-state index in [-0.39, 0.29) is 0 Å². The molecule has 2 heterocycles. The predicted octanol–water partition coefficient (Wildman–Crippen LogP) is 2.47. The van der Waals surface area contributed by atoms with E-state index in [1.807, 2.05) is 30.5 Å². The Balaban J connectivity index is 2.31. The lowest BCUT2D eigenvalue weighted by Gasteiger charge is -2.01. The Hall–Kier alpha value is -2.36. The lowest BCUT2D eigenvalue weighted by Crippen LogP contribution is -1.82. The molecule has 2 N–H and O–H groups in total. The van der Waals surface area contributed by atoms with Crippen molar-refractivity contribution in [3.63, 3.8) is 0 Å². The van der Waals surface area contributed by atoms with Gasteiger partial charge in [-0.3, -0.25) is 4.98 Å². The van der Waals surface area contributed by atoms with Crippen molar-refractivity contribution in [3.05, 3.63) is 42.7 Å². The molecule has 0 radical (unpaired) electrons. The Labute approximate surface area is 91.7 Å². The number of pyridine rings is 1. The highest BCUT2D eigenvalue weighted by molar-refractivity contribution is 5.95. The molecular weight excluding hydrogens is 202 g/mol. The summed E-state index contributed by atoms with van der Waals surface area (Å²) in [6.45, 7) is 0. The molecule has 0 unspecified atom stereocenters. The van der Waals surface area contributed by atoms with Crippen molar-refractivity contribution in [2.24, 2.45) is 0 Å². The molecule has 4 heteroatoms. The third-order valence-corrected chi connectivity index (χ3v) is 2.49. The van der Waals surface area contributed by atoms with Crippen LogP contribution in [0.1, 0.15) is 0 Å². The summed E-state index contributed by atoms with van der Waals surface area (Å²) in [5.74, 6) is 0.316. The molecule has 0 aliphatic carbocycles. The van der Waals surface area contributed by atoms with Crippen LogP contribution in [0, 0.1) is 0 Å². The average molecular weight is 211 g/mol. The van der Waals surface area contributed by atoms with Gasteiger partial charge in [-0.25, -0.2) is 0 Å². The summed E-state index contributed by atoms with van der Waals surface area (Å²) in [4.78, 5) is 4.12. The molecule has 3 aromatic rings. The number of hydrogen-bond donors (Lipinski definition) is 1. The molecule has 4 nitrogen and oxygen atoms in total. The number of nitrogen functional groups attached to an aromatic ring is 1. The topological polar surface area (TPSA) is 64.9 Å². The average Bonchev–Trinajstić information content (AvgIpc) is 2.75. The van der Waals surface area contributed by atoms with Crippen LogP contribution in [-0.4, -0.2) is 10.1 Å². The van der Waals surface area contributed by atoms with Gasteiger partial charge in [0, 0.05) is 29.4 Å². The summed E-state index contributed by atoms with van der Waals surface area (Å²) >= 11 is 0. The van der Waals surface area contributed by atoms with Crippen molar-refractivity contribution >= 4 is 16.7 Å². The van der Waals surface area contributed by atoms with E-state index in [1.165, 1.54) is 0 Å². The van der Waals surface area contributed by atoms with Gasteiger partial charge in [-0.05, 0) is 11.5 Å². The molecule has 2 aromatic heterocycles. The van der Waals surface area contributed by atoms with E-state index in [0.29, 0.717) is 5.88 Å². The standard InChI is InChI=1S/C12H9N3O/c13-12-6-11(15-16-12)9-3-1-2-8-4-5-14-7-10(8)9/h1-7H,13H2. The molecule has 0 spiro atoms. The van der Waals surface area contributed by atoms with Crippen LogP contribution in [0.15, 0.2) is 47.2 Å². The minimum atomic E-state index is 0.316. The van der Waals surface area contributed by atoms with Crippen molar-refractivity contribution in [3.8, 4) is 11.3 Å². The highest BCUT2D eigenvalue weighted by atomic mass is 16.5. The van der Waals surface area contributed by atoms with Gasteiger partial charge in [0.15, 0.2) is 0 Å². The maximum atomic E-state index is 5.52.